The van der Waals surface area contributed by atoms with Crippen molar-refractivity contribution in [3.05, 3.63) is 65.4 Å². The van der Waals surface area contributed by atoms with Crippen LogP contribution in [0, 0.1) is 18.3 Å². The summed E-state index contributed by atoms with van der Waals surface area (Å²) < 4.78 is 49.0. The molecule has 0 fully saturated rings. The van der Waals surface area contributed by atoms with Crippen molar-refractivity contribution >= 4 is 11.6 Å². The maximum absolute atomic E-state index is 12.9. The monoisotopic (exact) mass is 457 g/mol. The minimum Gasteiger partial charge on any atom is -0.474 e. The Balaban J connectivity index is 1.86. The Morgan fingerprint density at radius 2 is 1.94 bits per heavy atom. The van der Waals surface area contributed by atoms with Crippen molar-refractivity contribution in [3.8, 4) is 23.1 Å². The number of alkyl halides is 3. The molecule has 0 aliphatic heterocycles. The lowest BCUT2D eigenvalue weighted by molar-refractivity contribution is -0.141. The summed E-state index contributed by atoms with van der Waals surface area (Å²) in [7, 11) is 1.52. The number of anilines is 1. The highest BCUT2D eigenvalue weighted by Crippen LogP contribution is 2.29. The molecule has 8 nitrogen and oxygen atoms in total. The molecule has 0 aromatic carbocycles. The Morgan fingerprint density at radius 1 is 1.15 bits per heavy atom. The summed E-state index contributed by atoms with van der Waals surface area (Å²) >= 11 is 0. The summed E-state index contributed by atoms with van der Waals surface area (Å²) in [4.78, 5) is 24.1. The molecule has 0 atom stereocenters. The Labute approximate surface area is 187 Å². The first-order valence-corrected chi connectivity index (χ1v) is 9.56. The highest BCUT2D eigenvalue weighted by atomic mass is 19.4. The summed E-state index contributed by atoms with van der Waals surface area (Å²) in [6.07, 6.45) is -0.873. The molecule has 11 heteroatoms. The zero-order valence-corrected chi connectivity index (χ0v) is 17.6. The van der Waals surface area contributed by atoms with Crippen molar-refractivity contribution in [2.75, 3.05) is 25.6 Å². The van der Waals surface area contributed by atoms with E-state index in [1.165, 1.54) is 25.6 Å². The van der Waals surface area contributed by atoms with Crippen LogP contribution < -0.4 is 10.1 Å². The van der Waals surface area contributed by atoms with Gasteiger partial charge in [-0.15, -0.1) is 0 Å². The van der Waals surface area contributed by atoms with Crippen molar-refractivity contribution in [2.45, 2.75) is 13.1 Å². The van der Waals surface area contributed by atoms with Crippen molar-refractivity contribution in [3.63, 3.8) is 0 Å². The fourth-order valence-corrected chi connectivity index (χ4v) is 2.84. The van der Waals surface area contributed by atoms with Crippen molar-refractivity contribution in [2.24, 2.45) is 0 Å². The van der Waals surface area contributed by atoms with E-state index in [1.54, 1.807) is 19.1 Å². The Kier molecular flexibility index (Phi) is 7.20. The molecular weight excluding hydrogens is 439 g/mol. The Bertz CT molecular complexity index is 1210. The second-order valence-corrected chi connectivity index (χ2v) is 6.77. The number of carbonyl (C=O) groups is 1. The first-order valence-electron chi connectivity index (χ1n) is 9.56. The molecule has 3 heterocycles. The van der Waals surface area contributed by atoms with Gasteiger partial charge in [-0.3, -0.25) is 14.8 Å². The lowest BCUT2D eigenvalue weighted by atomic mass is 10.0. The fraction of sp³-hybridized carbons (Fsp3) is 0.227. The summed E-state index contributed by atoms with van der Waals surface area (Å²) in [5, 5.41) is 12.0. The van der Waals surface area contributed by atoms with E-state index in [4.69, 9.17) is 9.47 Å². The molecule has 0 aliphatic rings. The maximum atomic E-state index is 12.9. The lowest BCUT2D eigenvalue weighted by Crippen LogP contribution is -2.15. The first kappa shape index (κ1) is 23.6. The zero-order valence-electron chi connectivity index (χ0n) is 17.6. The van der Waals surface area contributed by atoms with Gasteiger partial charge in [0.15, 0.2) is 0 Å². The molecule has 0 saturated carbocycles. The molecule has 3 aromatic rings. The van der Waals surface area contributed by atoms with Crippen LogP contribution in [0.4, 0.5) is 18.9 Å². The van der Waals surface area contributed by atoms with Crippen LogP contribution in [-0.4, -0.2) is 41.2 Å². The summed E-state index contributed by atoms with van der Waals surface area (Å²) in [6, 6.07) is 7.04. The number of hydrogen-bond acceptors (Lipinski definition) is 7. The van der Waals surface area contributed by atoms with Crippen LogP contribution in [0.15, 0.2) is 42.9 Å². The molecule has 0 radical (unpaired) electrons. The molecule has 0 saturated heterocycles. The van der Waals surface area contributed by atoms with Crippen LogP contribution in [0.25, 0.3) is 11.1 Å². The third kappa shape index (κ3) is 5.81. The topological polar surface area (TPSA) is 110 Å². The lowest BCUT2D eigenvalue weighted by Gasteiger charge is -2.12. The van der Waals surface area contributed by atoms with Gasteiger partial charge in [0.05, 0.1) is 18.5 Å². The minimum atomic E-state index is -4.67. The number of pyridine rings is 3. The van der Waals surface area contributed by atoms with E-state index in [9.17, 15) is 23.2 Å². The van der Waals surface area contributed by atoms with Crippen molar-refractivity contribution in [1.82, 2.24) is 15.0 Å². The van der Waals surface area contributed by atoms with E-state index in [2.05, 4.69) is 20.3 Å². The quantitative estimate of drug-likeness (QED) is 0.534. The Hall–Kier alpha value is -4.04. The predicted molar refractivity (Wildman–Crippen MR) is 111 cm³/mol. The van der Waals surface area contributed by atoms with E-state index < -0.39 is 17.8 Å². The number of nitriles is 1. The van der Waals surface area contributed by atoms with Crippen molar-refractivity contribution in [1.29, 1.82) is 5.26 Å². The average molecular weight is 457 g/mol. The van der Waals surface area contributed by atoms with Crippen LogP contribution in [0.2, 0.25) is 0 Å². The van der Waals surface area contributed by atoms with Gasteiger partial charge in [0.2, 0.25) is 5.88 Å². The second-order valence-electron chi connectivity index (χ2n) is 6.77. The van der Waals surface area contributed by atoms with Crippen molar-refractivity contribution < 1.29 is 27.4 Å². The molecule has 170 valence electrons. The second kappa shape index (κ2) is 10.1. The minimum absolute atomic E-state index is 0.159. The third-order valence-corrected chi connectivity index (χ3v) is 4.47. The summed E-state index contributed by atoms with van der Waals surface area (Å²) in [5.41, 5.74) is 0.806. The highest BCUT2D eigenvalue weighted by Gasteiger charge is 2.33. The zero-order chi connectivity index (χ0) is 24.0. The fourth-order valence-electron chi connectivity index (χ4n) is 2.84. The molecular formula is C22H18F3N5O3. The maximum Gasteiger partial charge on any atom is 0.433 e. The van der Waals surface area contributed by atoms with Gasteiger partial charge in [0.1, 0.15) is 23.9 Å². The number of halogens is 3. The number of aromatic nitrogens is 3. The predicted octanol–water partition coefficient (Wildman–Crippen LogP) is 4.02. The van der Waals surface area contributed by atoms with Gasteiger partial charge < -0.3 is 14.8 Å². The summed E-state index contributed by atoms with van der Waals surface area (Å²) in [6.45, 7) is 2.29. The van der Waals surface area contributed by atoms with Crippen LogP contribution in [0.1, 0.15) is 27.3 Å². The van der Waals surface area contributed by atoms with E-state index in [-0.39, 0.29) is 29.3 Å². The Morgan fingerprint density at radius 3 is 2.64 bits per heavy atom. The SMILES string of the molecule is COCCOc1ncc(-c2cc(NC(=O)c3ccnc(C(F)(F)F)c3)cnc2C)cc1C#N. The molecule has 0 spiro atoms. The molecule has 0 aliphatic carbocycles. The molecule has 3 aromatic heterocycles. The number of rotatable bonds is 7. The largest absolute Gasteiger partial charge is 0.474 e. The standard InChI is InChI=1S/C22H18F3N5O3/c1-13-18(16-7-15(10-26)21(29-11-16)33-6-5-32-2)9-17(12-28-13)30-20(31)14-3-4-27-19(8-14)22(23,24)25/h3-4,7-9,11-12H,5-6H2,1-2H3,(H,30,31). The van der Waals surface area contributed by atoms with Gasteiger partial charge in [-0.05, 0) is 31.2 Å². The third-order valence-electron chi connectivity index (χ3n) is 4.47. The van der Waals surface area contributed by atoms with E-state index in [0.29, 0.717) is 29.5 Å². The van der Waals surface area contributed by atoms with Gasteiger partial charge in [-0.1, -0.05) is 0 Å². The van der Waals surface area contributed by atoms with Crippen LogP contribution in [-0.2, 0) is 10.9 Å². The van der Waals surface area contributed by atoms with Gasteiger partial charge in [0, 0.05) is 41.9 Å². The van der Waals surface area contributed by atoms with Crippen LogP contribution in [0.5, 0.6) is 5.88 Å². The average Bonchev–Trinajstić information content (AvgIpc) is 2.80. The number of hydrogen-bond donors (Lipinski definition) is 1. The summed E-state index contributed by atoms with van der Waals surface area (Å²) in [5.74, 6) is -0.594. The highest BCUT2D eigenvalue weighted by molar-refractivity contribution is 6.04. The van der Waals surface area contributed by atoms with E-state index in [1.807, 2.05) is 6.07 Å². The van der Waals surface area contributed by atoms with Gasteiger partial charge in [-0.2, -0.15) is 18.4 Å². The molecule has 1 N–H and O–H groups in total. The molecule has 33 heavy (non-hydrogen) atoms. The molecule has 3 rings (SSSR count). The number of nitrogens with zero attached hydrogens (tertiary/aromatic N) is 4. The van der Waals surface area contributed by atoms with E-state index in [0.717, 1.165) is 6.20 Å². The molecule has 1 amide bonds. The number of aryl methyl sites for hydroxylation is 1. The van der Waals surface area contributed by atoms with Gasteiger partial charge in [0.25, 0.3) is 5.91 Å². The number of amides is 1. The van der Waals surface area contributed by atoms with Gasteiger partial charge in [-0.25, -0.2) is 4.98 Å². The number of carbonyl (C=O) groups excluding carboxylic acids is 1. The van der Waals surface area contributed by atoms with Crippen LogP contribution in [0.3, 0.4) is 0 Å². The normalized spacial score (nSPS) is 11.0. The van der Waals surface area contributed by atoms with E-state index >= 15 is 0 Å². The van der Waals surface area contributed by atoms with Gasteiger partial charge >= 0.3 is 6.18 Å². The number of nitrogens with one attached hydrogen (secondary N) is 1. The number of methoxy groups -OCH3 is 1. The molecule has 0 unspecified atom stereocenters. The smallest absolute Gasteiger partial charge is 0.433 e. The number of ether oxygens (including phenoxy) is 2. The van der Waals surface area contributed by atoms with Crippen LogP contribution >= 0.6 is 0 Å². The molecule has 0 bridgehead atoms. The first-order chi connectivity index (χ1) is 15.7.